The van der Waals surface area contributed by atoms with Gasteiger partial charge in [-0.3, -0.25) is 0 Å². The van der Waals surface area contributed by atoms with Crippen LogP contribution in [-0.2, 0) is 0 Å². The number of nitrogens with one attached hydrogen (secondary N) is 1. The molecule has 2 aliphatic carbocycles. The second-order valence-electron chi connectivity index (χ2n) is 7.87. The Morgan fingerprint density at radius 2 is 2.05 bits per heavy atom. The molecule has 0 spiro atoms. The van der Waals surface area contributed by atoms with E-state index < -0.39 is 0 Å². The van der Waals surface area contributed by atoms with Crippen LogP contribution in [0.1, 0.15) is 44.1 Å². The van der Waals surface area contributed by atoms with Crippen LogP contribution < -0.4 is 5.32 Å². The zero-order chi connectivity index (χ0) is 14.3. The Kier molecular flexibility index (Phi) is 3.55. The minimum absolute atomic E-state index is 0.619. The Bertz CT molecular complexity index is 480. The maximum Gasteiger partial charge on any atom is 0.0143 e. The standard InChI is InChI=1S/C19H28N2/c1-15-7-10-21(12-15)14-19(8-9-19)13-20-18-11-17(18)16-5-3-2-4-6-16/h2-6,15,17-18,20H,7-14H2,1H3/t15?,17?,18-/m0/s1. The number of hydrogen-bond acceptors (Lipinski definition) is 2. The van der Waals surface area contributed by atoms with Gasteiger partial charge in [-0.05, 0) is 49.1 Å². The van der Waals surface area contributed by atoms with Gasteiger partial charge in [0, 0.05) is 31.6 Å². The van der Waals surface area contributed by atoms with Gasteiger partial charge in [-0.25, -0.2) is 0 Å². The Balaban J connectivity index is 1.24. The van der Waals surface area contributed by atoms with Crippen molar-refractivity contribution in [3.8, 4) is 0 Å². The van der Waals surface area contributed by atoms with Crippen molar-refractivity contribution in [3.63, 3.8) is 0 Å². The first-order valence-electron chi connectivity index (χ1n) is 8.75. The zero-order valence-electron chi connectivity index (χ0n) is 13.2. The fraction of sp³-hybridized carbons (Fsp3) is 0.684. The first kappa shape index (κ1) is 13.8. The minimum atomic E-state index is 0.619. The normalized spacial score (nSPS) is 34.0. The zero-order valence-corrected chi connectivity index (χ0v) is 13.2. The highest BCUT2D eigenvalue weighted by atomic mass is 15.2. The average Bonchev–Trinajstić information content (AvgIpc) is 3.39. The van der Waals surface area contributed by atoms with Gasteiger partial charge in [0.25, 0.3) is 0 Å². The van der Waals surface area contributed by atoms with Crippen molar-refractivity contribution >= 4 is 0 Å². The Hall–Kier alpha value is -0.860. The summed E-state index contributed by atoms with van der Waals surface area (Å²) >= 11 is 0. The number of rotatable bonds is 6. The topological polar surface area (TPSA) is 15.3 Å². The highest BCUT2D eigenvalue weighted by Crippen LogP contribution is 2.48. The van der Waals surface area contributed by atoms with Crippen molar-refractivity contribution in [2.75, 3.05) is 26.2 Å². The molecule has 2 nitrogen and oxygen atoms in total. The number of nitrogens with zero attached hydrogens (tertiary/aromatic N) is 1. The van der Waals surface area contributed by atoms with Crippen molar-refractivity contribution in [1.29, 1.82) is 0 Å². The van der Waals surface area contributed by atoms with Crippen molar-refractivity contribution in [1.82, 2.24) is 10.2 Å². The maximum absolute atomic E-state index is 3.87. The third-order valence-electron chi connectivity index (χ3n) is 5.78. The first-order chi connectivity index (χ1) is 10.2. The summed E-state index contributed by atoms with van der Waals surface area (Å²) in [6.07, 6.45) is 5.62. The molecule has 1 N–H and O–H groups in total. The van der Waals surface area contributed by atoms with Gasteiger partial charge in [-0.2, -0.15) is 0 Å². The van der Waals surface area contributed by atoms with Crippen molar-refractivity contribution in [2.45, 2.75) is 44.6 Å². The average molecular weight is 284 g/mol. The van der Waals surface area contributed by atoms with E-state index in [-0.39, 0.29) is 0 Å². The predicted molar refractivity (Wildman–Crippen MR) is 87.5 cm³/mol. The summed E-state index contributed by atoms with van der Waals surface area (Å²) in [5.41, 5.74) is 2.14. The molecular weight excluding hydrogens is 256 g/mol. The van der Waals surface area contributed by atoms with Crippen LogP contribution in [0, 0.1) is 11.3 Å². The molecule has 1 aromatic rings. The molecule has 2 saturated carbocycles. The van der Waals surface area contributed by atoms with Gasteiger partial charge in [0.15, 0.2) is 0 Å². The summed E-state index contributed by atoms with van der Waals surface area (Å²) in [5, 5.41) is 3.87. The molecule has 1 saturated heterocycles. The molecule has 2 unspecified atom stereocenters. The molecule has 3 atom stereocenters. The van der Waals surface area contributed by atoms with Crippen LogP contribution in [0.15, 0.2) is 30.3 Å². The summed E-state index contributed by atoms with van der Waals surface area (Å²) in [7, 11) is 0. The van der Waals surface area contributed by atoms with Gasteiger partial charge in [0.05, 0.1) is 0 Å². The third kappa shape index (κ3) is 3.17. The lowest BCUT2D eigenvalue weighted by molar-refractivity contribution is 0.251. The summed E-state index contributed by atoms with van der Waals surface area (Å²) in [6.45, 7) is 7.64. The molecular formula is C19H28N2. The molecule has 0 radical (unpaired) electrons. The highest BCUT2D eigenvalue weighted by molar-refractivity contribution is 5.27. The molecule has 2 heteroatoms. The first-order valence-corrected chi connectivity index (χ1v) is 8.75. The lowest BCUT2D eigenvalue weighted by atomic mass is 10.1. The van der Waals surface area contributed by atoms with E-state index in [0.717, 1.165) is 17.9 Å². The van der Waals surface area contributed by atoms with E-state index in [4.69, 9.17) is 0 Å². The molecule has 114 valence electrons. The second-order valence-corrected chi connectivity index (χ2v) is 7.87. The second kappa shape index (κ2) is 5.40. The van der Waals surface area contributed by atoms with Crippen LogP contribution in [0.5, 0.6) is 0 Å². The van der Waals surface area contributed by atoms with Crippen molar-refractivity contribution in [3.05, 3.63) is 35.9 Å². The van der Waals surface area contributed by atoms with E-state index in [1.54, 1.807) is 0 Å². The lowest BCUT2D eigenvalue weighted by Crippen LogP contribution is -2.36. The van der Waals surface area contributed by atoms with Gasteiger partial charge in [0.2, 0.25) is 0 Å². The smallest absolute Gasteiger partial charge is 0.0143 e. The molecule has 21 heavy (non-hydrogen) atoms. The van der Waals surface area contributed by atoms with E-state index in [1.165, 1.54) is 57.4 Å². The summed E-state index contributed by atoms with van der Waals surface area (Å²) < 4.78 is 0. The van der Waals surface area contributed by atoms with E-state index in [9.17, 15) is 0 Å². The van der Waals surface area contributed by atoms with Crippen LogP contribution in [-0.4, -0.2) is 37.1 Å². The Morgan fingerprint density at radius 3 is 2.71 bits per heavy atom. The summed E-state index contributed by atoms with van der Waals surface area (Å²) in [4.78, 5) is 2.71. The number of benzene rings is 1. The molecule has 3 aliphatic rings. The molecule has 0 bridgehead atoms. The van der Waals surface area contributed by atoms with Gasteiger partial charge in [-0.15, -0.1) is 0 Å². The quantitative estimate of drug-likeness (QED) is 0.862. The summed E-state index contributed by atoms with van der Waals surface area (Å²) in [5.74, 6) is 1.69. The van der Waals surface area contributed by atoms with Gasteiger partial charge >= 0.3 is 0 Å². The maximum atomic E-state index is 3.87. The lowest BCUT2D eigenvalue weighted by Gasteiger charge is -2.23. The molecule has 0 amide bonds. The van der Waals surface area contributed by atoms with Crippen molar-refractivity contribution in [2.24, 2.45) is 11.3 Å². The van der Waals surface area contributed by atoms with Crippen LogP contribution in [0.25, 0.3) is 0 Å². The minimum Gasteiger partial charge on any atom is -0.313 e. The molecule has 4 rings (SSSR count). The number of likely N-dealkylation sites (tertiary alicyclic amines) is 1. The van der Waals surface area contributed by atoms with Crippen LogP contribution in [0.4, 0.5) is 0 Å². The van der Waals surface area contributed by atoms with Gasteiger partial charge < -0.3 is 10.2 Å². The Morgan fingerprint density at radius 1 is 1.24 bits per heavy atom. The monoisotopic (exact) mass is 284 g/mol. The summed E-state index contributed by atoms with van der Waals surface area (Å²) in [6, 6.07) is 11.8. The molecule has 0 aromatic heterocycles. The van der Waals surface area contributed by atoms with Crippen LogP contribution >= 0.6 is 0 Å². The molecule has 1 heterocycles. The van der Waals surface area contributed by atoms with Gasteiger partial charge in [-0.1, -0.05) is 37.3 Å². The molecule has 1 aromatic carbocycles. The van der Waals surface area contributed by atoms with E-state index in [2.05, 4.69) is 47.5 Å². The SMILES string of the molecule is CC1CCN(CC2(CN[C@H]3CC3c3ccccc3)CC2)C1. The van der Waals surface area contributed by atoms with Crippen molar-refractivity contribution < 1.29 is 0 Å². The van der Waals surface area contributed by atoms with E-state index in [0.29, 0.717) is 5.41 Å². The third-order valence-corrected chi connectivity index (χ3v) is 5.78. The number of hydrogen-bond donors (Lipinski definition) is 1. The van der Waals surface area contributed by atoms with E-state index in [1.807, 2.05) is 0 Å². The fourth-order valence-corrected chi connectivity index (χ4v) is 4.05. The molecule has 3 fully saturated rings. The van der Waals surface area contributed by atoms with E-state index >= 15 is 0 Å². The Labute approximate surface area is 128 Å². The predicted octanol–water partition coefficient (Wildman–Crippen LogP) is 3.25. The molecule has 1 aliphatic heterocycles. The largest absolute Gasteiger partial charge is 0.313 e. The highest BCUT2D eigenvalue weighted by Gasteiger charge is 2.46. The van der Waals surface area contributed by atoms with Crippen LogP contribution in [0.2, 0.25) is 0 Å². The fourth-order valence-electron chi connectivity index (χ4n) is 4.05. The van der Waals surface area contributed by atoms with Gasteiger partial charge in [0.1, 0.15) is 0 Å². The van der Waals surface area contributed by atoms with Crippen LogP contribution in [0.3, 0.4) is 0 Å².